The van der Waals surface area contributed by atoms with Gasteiger partial charge in [0.15, 0.2) is 18.0 Å². The molecule has 1 aliphatic heterocycles. The molecule has 4 nitrogen and oxygen atoms in total. The molecule has 114 valence electrons. The number of amides is 1. The van der Waals surface area contributed by atoms with Crippen molar-refractivity contribution in [3.8, 4) is 0 Å². The Labute approximate surface area is 122 Å². The van der Waals surface area contributed by atoms with Crippen molar-refractivity contribution in [2.45, 2.75) is 39.5 Å². The highest BCUT2D eigenvalue weighted by Crippen LogP contribution is 2.25. The van der Waals surface area contributed by atoms with Crippen molar-refractivity contribution in [2.75, 3.05) is 13.1 Å². The molecule has 1 saturated heterocycles. The minimum Gasteiger partial charge on any atom is -0.331 e. The number of aryl methyl sites for hydroxylation is 1. The van der Waals surface area contributed by atoms with E-state index in [1.54, 1.807) is 7.05 Å². The van der Waals surface area contributed by atoms with Crippen LogP contribution in [0.5, 0.6) is 0 Å². The first kappa shape index (κ1) is 16.9. The molecule has 2 heterocycles. The first-order valence-corrected chi connectivity index (χ1v) is 7.12. The molecule has 2 unspecified atom stereocenters. The second kappa shape index (κ2) is 7.02. The molecular formula is C13H20ClF2N3O. The Balaban J connectivity index is 0.000000956. The summed E-state index contributed by atoms with van der Waals surface area (Å²) in [5.41, 5.74) is 0.796. The van der Waals surface area contributed by atoms with Crippen LogP contribution in [0.15, 0.2) is 0 Å². The highest BCUT2D eigenvalue weighted by Gasteiger charge is 2.37. The van der Waals surface area contributed by atoms with E-state index in [4.69, 9.17) is 11.6 Å². The summed E-state index contributed by atoms with van der Waals surface area (Å²) >= 11 is 6.06. The van der Waals surface area contributed by atoms with Crippen LogP contribution in [0.3, 0.4) is 0 Å². The van der Waals surface area contributed by atoms with E-state index < -0.39 is 18.3 Å². The molecule has 0 N–H and O–H groups in total. The van der Waals surface area contributed by atoms with Gasteiger partial charge in [-0.25, -0.2) is 8.78 Å². The summed E-state index contributed by atoms with van der Waals surface area (Å²) in [4.78, 5) is 13.2. The third kappa shape index (κ3) is 3.11. The summed E-state index contributed by atoms with van der Waals surface area (Å²) in [5, 5.41) is 4.29. The van der Waals surface area contributed by atoms with Gasteiger partial charge in [-0.15, -0.1) is 0 Å². The topological polar surface area (TPSA) is 38.1 Å². The molecule has 1 amide bonds. The van der Waals surface area contributed by atoms with E-state index in [2.05, 4.69) is 5.10 Å². The van der Waals surface area contributed by atoms with Crippen LogP contribution in [0.1, 0.15) is 37.0 Å². The molecule has 0 radical (unpaired) electrons. The standard InChI is InChI=1S/C11H14ClF2N3O.C2H6/c1-3-8-9(12)10(15-16(8)2)11(18)17-4-6(13)7(14)5-17;1-2/h6-7H,3-5H2,1-2H3;1-2H3. The highest BCUT2D eigenvalue weighted by molar-refractivity contribution is 6.34. The fourth-order valence-electron chi connectivity index (χ4n) is 2.09. The predicted octanol–water partition coefficient (Wildman–Crippen LogP) is 2.79. The van der Waals surface area contributed by atoms with E-state index in [1.807, 2.05) is 20.8 Å². The van der Waals surface area contributed by atoms with Gasteiger partial charge in [0.2, 0.25) is 0 Å². The minimum atomic E-state index is -1.62. The van der Waals surface area contributed by atoms with E-state index in [0.29, 0.717) is 6.42 Å². The molecule has 0 aliphatic carbocycles. The first-order chi connectivity index (χ1) is 9.45. The van der Waals surface area contributed by atoms with Gasteiger partial charge in [-0.2, -0.15) is 5.10 Å². The zero-order valence-corrected chi connectivity index (χ0v) is 12.9. The van der Waals surface area contributed by atoms with E-state index in [-0.39, 0.29) is 23.8 Å². The number of carbonyl (C=O) groups is 1. The van der Waals surface area contributed by atoms with Gasteiger partial charge in [-0.05, 0) is 6.42 Å². The van der Waals surface area contributed by atoms with Crippen molar-refractivity contribution in [3.63, 3.8) is 0 Å². The van der Waals surface area contributed by atoms with Gasteiger partial charge in [0, 0.05) is 7.05 Å². The van der Waals surface area contributed by atoms with Gasteiger partial charge < -0.3 is 4.90 Å². The maximum absolute atomic E-state index is 13.1. The maximum atomic E-state index is 13.1. The third-order valence-electron chi connectivity index (χ3n) is 3.11. The van der Waals surface area contributed by atoms with Crippen LogP contribution >= 0.6 is 11.6 Å². The van der Waals surface area contributed by atoms with Crippen LogP contribution in [-0.4, -0.2) is 46.0 Å². The monoisotopic (exact) mass is 307 g/mol. The molecular weight excluding hydrogens is 288 g/mol. The Morgan fingerprint density at radius 2 is 1.85 bits per heavy atom. The summed E-state index contributed by atoms with van der Waals surface area (Å²) in [7, 11) is 1.68. The Bertz CT molecular complexity index is 468. The molecule has 1 aromatic heterocycles. The van der Waals surface area contributed by atoms with Gasteiger partial charge in [0.25, 0.3) is 5.91 Å². The molecule has 2 rings (SSSR count). The van der Waals surface area contributed by atoms with Gasteiger partial charge in [-0.3, -0.25) is 9.48 Å². The molecule has 0 saturated carbocycles. The van der Waals surface area contributed by atoms with Crippen LogP contribution < -0.4 is 0 Å². The average molecular weight is 308 g/mol. The zero-order chi connectivity index (χ0) is 15.4. The lowest BCUT2D eigenvalue weighted by molar-refractivity contribution is 0.0772. The Kier molecular flexibility index (Phi) is 5.92. The maximum Gasteiger partial charge on any atom is 0.276 e. The molecule has 0 spiro atoms. The molecule has 0 aromatic carbocycles. The molecule has 1 aliphatic rings. The second-order valence-electron chi connectivity index (χ2n) is 4.33. The van der Waals surface area contributed by atoms with E-state index in [1.165, 1.54) is 4.68 Å². The van der Waals surface area contributed by atoms with Gasteiger partial charge in [0.05, 0.1) is 23.8 Å². The molecule has 2 atom stereocenters. The number of alkyl halides is 2. The lowest BCUT2D eigenvalue weighted by Crippen LogP contribution is -2.30. The molecule has 0 bridgehead atoms. The third-order valence-corrected chi connectivity index (χ3v) is 3.51. The van der Waals surface area contributed by atoms with Crippen LogP contribution in [-0.2, 0) is 13.5 Å². The normalized spacial score (nSPS) is 21.6. The van der Waals surface area contributed by atoms with Crippen LogP contribution in [0, 0.1) is 0 Å². The van der Waals surface area contributed by atoms with Gasteiger partial charge in [-0.1, -0.05) is 32.4 Å². The van der Waals surface area contributed by atoms with Crippen molar-refractivity contribution in [1.29, 1.82) is 0 Å². The van der Waals surface area contributed by atoms with E-state index in [0.717, 1.165) is 10.6 Å². The van der Waals surface area contributed by atoms with Crippen molar-refractivity contribution < 1.29 is 13.6 Å². The predicted molar refractivity (Wildman–Crippen MR) is 74.6 cm³/mol. The summed E-state index contributed by atoms with van der Waals surface area (Å²) < 4.78 is 27.7. The number of halogens is 3. The van der Waals surface area contributed by atoms with Crippen LogP contribution in [0.2, 0.25) is 5.02 Å². The van der Waals surface area contributed by atoms with Crippen LogP contribution in [0.4, 0.5) is 8.78 Å². The van der Waals surface area contributed by atoms with E-state index in [9.17, 15) is 13.6 Å². The minimum absolute atomic E-state index is 0.0670. The largest absolute Gasteiger partial charge is 0.331 e. The smallest absolute Gasteiger partial charge is 0.276 e. The zero-order valence-electron chi connectivity index (χ0n) is 12.2. The fraction of sp³-hybridized carbons (Fsp3) is 0.692. The summed E-state index contributed by atoms with van der Waals surface area (Å²) in [6.45, 7) is 5.41. The average Bonchev–Trinajstić information content (AvgIpc) is 2.92. The molecule has 20 heavy (non-hydrogen) atoms. The Morgan fingerprint density at radius 3 is 2.25 bits per heavy atom. The SMILES string of the molecule is CC.CCc1c(Cl)c(C(=O)N2CC(F)C(F)C2)nn1C. The number of nitrogens with zero attached hydrogens (tertiary/aromatic N) is 3. The van der Waals surface area contributed by atoms with Crippen molar-refractivity contribution in [2.24, 2.45) is 7.05 Å². The van der Waals surface area contributed by atoms with Gasteiger partial charge in [0.1, 0.15) is 0 Å². The molecule has 1 aromatic rings. The fourth-order valence-corrected chi connectivity index (χ4v) is 2.47. The lowest BCUT2D eigenvalue weighted by atomic mass is 10.3. The first-order valence-electron chi connectivity index (χ1n) is 6.74. The summed E-state index contributed by atoms with van der Waals surface area (Å²) in [6.07, 6.45) is -2.61. The summed E-state index contributed by atoms with van der Waals surface area (Å²) in [6, 6.07) is 0. The molecule has 1 fully saturated rings. The van der Waals surface area contributed by atoms with Crippen molar-refractivity contribution >= 4 is 17.5 Å². The lowest BCUT2D eigenvalue weighted by Gasteiger charge is -2.13. The summed E-state index contributed by atoms with van der Waals surface area (Å²) in [5.74, 6) is -0.516. The van der Waals surface area contributed by atoms with Crippen LogP contribution in [0.25, 0.3) is 0 Å². The number of hydrogen-bond donors (Lipinski definition) is 0. The van der Waals surface area contributed by atoms with Gasteiger partial charge >= 0.3 is 0 Å². The van der Waals surface area contributed by atoms with E-state index >= 15 is 0 Å². The Morgan fingerprint density at radius 1 is 1.35 bits per heavy atom. The second-order valence-corrected chi connectivity index (χ2v) is 4.71. The van der Waals surface area contributed by atoms with Crippen molar-refractivity contribution in [3.05, 3.63) is 16.4 Å². The highest BCUT2D eigenvalue weighted by atomic mass is 35.5. The quantitative estimate of drug-likeness (QED) is 0.842. The number of rotatable bonds is 2. The number of carbonyl (C=O) groups excluding carboxylic acids is 1. The van der Waals surface area contributed by atoms with Crippen molar-refractivity contribution in [1.82, 2.24) is 14.7 Å². The number of hydrogen-bond acceptors (Lipinski definition) is 2. The molecule has 7 heteroatoms. The Hall–Kier alpha value is -1.17. The number of likely N-dealkylation sites (tertiary alicyclic amines) is 1. The number of aromatic nitrogens is 2.